The number of aryl methyl sites for hydroxylation is 1. The van der Waals surface area contributed by atoms with Gasteiger partial charge in [-0.2, -0.15) is 13.2 Å². The van der Waals surface area contributed by atoms with Gasteiger partial charge >= 0.3 is 18.1 Å². The van der Waals surface area contributed by atoms with E-state index in [1.54, 1.807) is 0 Å². The summed E-state index contributed by atoms with van der Waals surface area (Å²) >= 11 is 0. The van der Waals surface area contributed by atoms with Crippen LogP contribution in [-0.4, -0.2) is 29.2 Å². The molecule has 7 heteroatoms. The van der Waals surface area contributed by atoms with Gasteiger partial charge in [0.05, 0.1) is 0 Å². The van der Waals surface area contributed by atoms with Crippen molar-refractivity contribution in [3.63, 3.8) is 0 Å². The topological polar surface area (TPSA) is 66.4 Å². The number of amides is 1. The first-order valence-corrected chi connectivity index (χ1v) is 5.95. The zero-order chi connectivity index (χ0) is 15.2. The van der Waals surface area contributed by atoms with Crippen molar-refractivity contribution in [2.24, 2.45) is 0 Å². The molecule has 0 aliphatic heterocycles. The second-order valence-corrected chi connectivity index (χ2v) is 4.24. The summed E-state index contributed by atoms with van der Waals surface area (Å²) in [6.45, 7) is 0. The van der Waals surface area contributed by atoms with Crippen LogP contribution in [0.25, 0.3) is 0 Å². The lowest BCUT2D eigenvalue weighted by Gasteiger charge is -2.15. The first-order valence-electron chi connectivity index (χ1n) is 5.95. The van der Waals surface area contributed by atoms with Gasteiger partial charge in [-0.3, -0.25) is 4.79 Å². The Labute approximate surface area is 113 Å². The van der Waals surface area contributed by atoms with Crippen molar-refractivity contribution < 1.29 is 27.9 Å². The molecule has 0 bridgehead atoms. The normalized spacial score (nSPS) is 12.8. The summed E-state index contributed by atoms with van der Waals surface area (Å²) in [5.74, 6) is -3.71. The molecule has 0 aliphatic carbocycles. The van der Waals surface area contributed by atoms with Crippen LogP contribution in [0, 0.1) is 0 Å². The summed E-state index contributed by atoms with van der Waals surface area (Å²) in [5, 5.41) is 10.3. The number of halogens is 3. The van der Waals surface area contributed by atoms with E-state index in [0.29, 0.717) is 12.8 Å². The van der Waals surface area contributed by atoms with E-state index in [1.807, 2.05) is 30.3 Å². The van der Waals surface area contributed by atoms with E-state index >= 15 is 0 Å². The van der Waals surface area contributed by atoms with Crippen LogP contribution in [0.5, 0.6) is 0 Å². The molecule has 0 saturated heterocycles. The summed E-state index contributed by atoms with van der Waals surface area (Å²) in [5.41, 5.74) is 0.957. The Morgan fingerprint density at radius 2 is 1.80 bits per heavy atom. The van der Waals surface area contributed by atoms with E-state index < -0.39 is 24.1 Å². The molecule has 0 heterocycles. The van der Waals surface area contributed by atoms with Crippen molar-refractivity contribution in [1.29, 1.82) is 0 Å². The van der Waals surface area contributed by atoms with Gasteiger partial charge < -0.3 is 10.4 Å². The smallest absolute Gasteiger partial charge is 0.471 e. The highest BCUT2D eigenvalue weighted by atomic mass is 19.4. The molecule has 4 nitrogen and oxygen atoms in total. The van der Waals surface area contributed by atoms with Gasteiger partial charge in [-0.25, -0.2) is 4.79 Å². The molecule has 1 unspecified atom stereocenters. The second kappa shape index (κ2) is 6.93. The predicted octanol–water partition coefficient (Wildman–Crippen LogP) is 2.14. The van der Waals surface area contributed by atoms with Crippen LogP contribution in [0.15, 0.2) is 30.3 Å². The first kappa shape index (κ1) is 16.0. The number of carbonyl (C=O) groups is 2. The third-order valence-electron chi connectivity index (χ3n) is 2.66. The minimum atomic E-state index is -5.08. The summed E-state index contributed by atoms with van der Waals surface area (Å²) in [6.07, 6.45) is -4.25. The van der Waals surface area contributed by atoms with E-state index in [9.17, 15) is 22.8 Å². The van der Waals surface area contributed by atoms with E-state index in [4.69, 9.17) is 5.11 Å². The summed E-state index contributed by atoms with van der Waals surface area (Å²) in [6, 6.07) is 7.60. The average Bonchev–Trinajstić information content (AvgIpc) is 2.37. The number of hydrogen-bond acceptors (Lipinski definition) is 2. The SMILES string of the molecule is O=C(O)C(CCCc1ccccc1)NC(=O)C(F)(F)F. The lowest BCUT2D eigenvalue weighted by Crippen LogP contribution is -2.46. The predicted molar refractivity (Wildman–Crippen MR) is 65.0 cm³/mol. The molecule has 1 amide bonds. The fraction of sp³-hybridized carbons (Fsp3) is 0.385. The highest BCUT2D eigenvalue weighted by Gasteiger charge is 2.40. The third-order valence-corrected chi connectivity index (χ3v) is 2.66. The molecule has 1 aromatic rings. The maximum atomic E-state index is 12.1. The van der Waals surface area contributed by atoms with Crippen LogP contribution in [-0.2, 0) is 16.0 Å². The number of hydrogen-bond donors (Lipinski definition) is 2. The van der Waals surface area contributed by atoms with Gasteiger partial charge in [0.2, 0.25) is 0 Å². The van der Waals surface area contributed by atoms with Crippen LogP contribution >= 0.6 is 0 Å². The van der Waals surface area contributed by atoms with E-state index in [-0.39, 0.29) is 6.42 Å². The number of carboxylic acid groups (broad SMARTS) is 1. The van der Waals surface area contributed by atoms with Crippen LogP contribution in [0.1, 0.15) is 18.4 Å². The fourth-order valence-electron chi connectivity index (χ4n) is 1.65. The second-order valence-electron chi connectivity index (χ2n) is 4.24. The molecule has 1 aromatic carbocycles. The average molecular weight is 289 g/mol. The van der Waals surface area contributed by atoms with Gasteiger partial charge in [-0.05, 0) is 24.8 Å². The third kappa shape index (κ3) is 5.29. The molecule has 2 N–H and O–H groups in total. The number of rotatable bonds is 6. The van der Waals surface area contributed by atoms with Crippen molar-refractivity contribution in [3.8, 4) is 0 Å². The number of alkyl halides is 3. The first-order chi connectivity index (χ1) is 9.30. The van der Waals surface area contributed by atoms with Gasteiger partial charge in [-0.15, -0.1) is 0 Å². The number of carbonyl (C=O) groups excluding carboxylic acids is 1. The molecule has 110 valence electrons. The Bertz CT molecular complexity index is 460. The molecule has 0 radical (unpaired) electrons. The molecule has 20 heavy (non-hydrogen) atoms. The highest BCUT2D eigenvalue weighted by molar-refractivity contribution is 5.86. The van der Waals surface area contributed by atoms with Crippen molar-refractivity contribution in [2.75, 3.05) is 0 Å². The van der Waals surface area contributed by atoms with Gasteiger partial charge in [-0.1, -0.05) is 30.3 Å². The molecule has 1 rings (SSSR count). The van der Waals surface area contributed by atoms with Crippen molar-refractivity contribution in [3.05, 3.63) is 35.9 Å². The van der Waals surface area contributed by atoms with Gasteiger partial charge in [0, 0.05) is 0 Å². The van der Waals surface area contributed by atoms with Crippen molar-refractivity contribution in [2.45, 2.75) is 31.5 Å². The molecule has 0 fully saturated rings. The monoisotopic (exact) mass is 289 g/mol. The molecule has 0 saturated carbocycles. The Hall–Kier alpha value is -2.05. The Morgan fingerprint density at radius 1 is 1.20 bits per heavy atom. The number of benzene rings is 1. The molecule has 0 spiro atoms. The molecule has 1 atom stereocenters. The van der Waals surface area contributed by atoms with Crippen LogP contribution in [0.3, 0.4) is 0 Å². The minimum Gasteiger partial charge on any atom is -0.480 e. The lowest BCUT2D eigenvalue weighted by molar-refractivity contribution is -0.175. The number of carboxylic acids is 1. The number of nitrogens with one attached hydrogen (secondary N) is 1. The Balaban J connectivity index is 2.48. The maximum absolute atomic E-state index is 12.1. The zero-order valence-electron chi connectivity index (χ0n) is 10.5. The molecular weight excluding hydrogens is 275 g/mol. The Kier molecular flexibility index (Phi) is 5.54. The summed E-state index contributed by atoms with van der Waals surface area (Å²) < 4.78 is 36.2. The van der Waals surface area contributed by atoms with Crippen molar-refractivity contribution in [1.82, 2.24) is 5.32 Å². The maximum Gasteiger partial charge on any atom is 0.471 e. The number of aliphatic carboxylic acids is 1. The highest BCUT2D eigenvalue weighted by Crippen LogP contribution is 2.15. The van der Waals surface area contributed by atoms with Gasteiger partial charge in [0.25, 0.3) is 0 Å². The molecule has 0 aliphatic rings. The molecule has 0 aromatic heterocycles. The van der Waals surface area contributed by atoms with E-state index in [1.165, 1.54) is 5.32 Å². The van der Waals surface area contributed by atoms with Crippen LogP contribution in [0.4, 0.5) is 13.2 Å². The summed E-state index contributed by atoms with van der Waals surface area (Å²) in [4.78, 5) is 21.5. The van der Waals surface area contributed by atoms with E-state index in [2.05, 4.69) is 0 Å². The minimum absolute atomic E-state index is 0.0634. The lowest BCUT2D eigenvalue weighted by atomic mass is 10.0. The van der Waals surface area contributed by atoms with Crippen LogP contribution in [0.2, 0.25) is 0 Å². The van der Waals surface area contributed by atoms with Gasteiger partial charge in [0.1, 0.15) is 6.04 Å². The van der Waals surface area contributed by atoms with Gasteiger partial charge in [0.15, 0.2) is 0 Å². The standard InChI is InChI=1S/C13H14F3NO3/c14-13(15,16)12(20)17-10(11(18)19)8-4-7-9-5-2-1-3-6-9/h1-3,5-6,10H,4,7-8H2,(H,17,20)(H,18,19). The zero-order valence-corrected chi connectivity index (χ0v) is 10.5. The van der Waals surface area contributed by atoms with E-state index in [0.717, 1.165) is 5.56 Å². The van der Waals surface area contributed by atoms with Crippen molar-refractivity contribution >= 4 is 11.9 Å². The summed E-state index contributed by atoms with van der Waals surface area (Å²) in [7, 11) is 0. The quantitative estimate of drug-likeness (QED) is 0.843. The van der Waals surface area contributed by atoms with Crippen LogP contribution < -0.4 is 5.32 Å². The largest absolute Gasteiger partial charge is 0.480 e. The molecular formula is C13H14F3NO3. The fourth-order valence-corrected chi connectivity index (χ4v) is 1.65. The Morgan fingerprint density at radius 3 is 2.30 bits per heavy atom.